The van der Waals surface area contributed by atoms with E-state index in [2.05, 4.69) is 50.3 Å². The molecule has 116 valence electrons. The van der Waals surface area contributed by atoms with Gasteiger partial charge in [-0.1, -0.05) is 61.1 Å². The van der Waals surface area contributed by atoms with Gasteiger partial charge in [-0.05, 0) is 46.4 Å². The minimum Gasteiger partial charge on any atom is -0.403 e. The van der Waals surface area contributed by atoms with Crippen molar-refractivity contribution in [1.82, 2.24) is 0 Å². The van der Waals surface area contributed by atoms with E-state index in [0.717, 1.165) is 3.92 Å². The maximum absolute atomic E-state index is 6.28. The molecule has 2 atom stereocenters. The molecule has 4 heteroatoms. The molecule has 1 aliphatic carbocycles. The molecule has 0 aromatic rings. The van der Waals surface area contributed by atoms with Crippen LogP contribution in [0.2, 0.25) is 5.82 Å². The number of rotatable bonds is 1. The van der Waals surface area contributed by atoms with E-state index in [4.69, 9.17) is 9.31 Å². The average molecular weight is 392 g/mol. The minimum absolute atomic E-state index is 0.00280. The molecular weight excluding hydrogens is 362 g/mol. The van der Waals surface area contributed by atoms with E-state index in [-0.39, 0.29) is 18.3 Å². The molecule has 2 rings (SSSR count). The van der Waals surface area contributed by atoms with Crippen LogP contribution < -0.4 is 0 Å². The van der Waals surface area contributed by atoms with Crippen LogP contribution in [0.4, 0.5) is 0 Å². The highest BCUT2D eigenvalue weighted by molar-refractivity contribution is 14.1. The minimum atomic E-state index is -0.184. The van der Waals surface area contributed by atoms with E-state index < -0.39 is 0 Å². The van der Waals surface area contributed by atoms with Gasteiger partial charge in [0.1, 0.15) is 0 Å². The summed E-state index contributed by atoms with van der Waals surface area (Å²) in [6.07, 6.45) is 10.7. The third kappa shape index (κ3) is 4.13. The van der Waals surface area contributed by atoms with Gasteiger partial charge in [-0.15, -0.1) is 0 Å². The number of alkyl halides is 1. The normalized spacial score (nSPS) is 35.0. The Morgan fingerprint density at radius 2 is 1.35 bits per heavy atom. The lowest BCUT2D eigenvalue weighted by Gasteiger charge is -2.32. The maximum Gasteiger partial charge on any atom is 0.461 e. The lowest BCUT2D eigenvalue weighted by Crippen LogP contribution is -2.41. The second kappa shape index (κ2) is 6.87. The van der Waals surface area contributed by atoms with Gasteiger partial charge >= 0.3 is 7.12 Å². The van der Waals surface area contributed by atoms with E-state index in [1.165, 1.54) is 51.4 Å². The Labute approximate surface area is 139 Å². The van der Waals surface area contributed by atoms with Crippen LogP contribution in [-0.2, 0) is 9.31 Å². The zero-order valence-corrected chi connectivity index (χ0v) is 15.7. The van der Waals surface area contributed by atoms with Gasteiger partial charge in [0, 0.05) is 3.92 Å². The van der Waals surface area contributed by atoms with Crippen molar-refractivity contribution in [1.29, 1.82) is 0 Å². The molecule has 0 amide bonds. The number of hydrogen-bond donors (Lipinski definition) is 0. The second-order valence-corrected chi connectivity index (χ2v) is 9.31. The molecule has 1 heterocycles. The fourth-order valence-electron chi connectivity index (χ4n) is 3.16. The van der Waals surface area contributed by atoms with E-state index >= 15 is 0 Å². The van der Waals surface area contributed by atoms with Crippen molar-refractivity contribution in [2.75, 3.05) is 0 Å². The van der Waals surface area contributed by atoms with Gasteiger partial charge in [-0.2, -0.15) is 0 Å². The Hall–Kier alpha value is 0.715. The maximum atomic E-state index is 6.28. The number of hydrogen-bond acceptors (Lipinski definition) is 2. The third-order valence-corrected chi connectivity index (χ3v) is 6.59. The van der Waals surface area contributed by atoms with Crippen molar-refractivity contribution < 1.29 is 9.31 Å². The highest BCUT2D eigenvalue weighted by Crippen LogP contribution is 2.43. The molecule has 0 aromatic carbocycles. The second-order valence-electron chi connectivity index (χ2n) is 7.55. The van der Waals surface area contributed by atoms with Crippen molar-refractivity contribution in [3.05, 3.63) is 0 Å². The molecule has 1 saturated carbocycles. The van der Waals surface area contributed by atoms with Crippen molar-refractivity contribution in [2.24, 2.45) is 0 Å². The largest absolute Gasteiger partial charge is 0.461 e. The van der Waals surface area contributed by atoms with Gasteiger partial charge in [-0.3, -0.25) is 0 Å². The molecule has 0 aromatic heterocycles. The topological polar surface area (TPSA) is 18.5 Å². The zero-order valence-electron chi connectivity index (χ0n) is 13.6. The van der Waals surface area contributed by atoms with Gasteiger partial charge in [0.05, 0.1) is 11.2 Å². The fraction of sp³-hybridized carbons (Fsp3) is 1.00. The molecule has 1 aliphatic heterocycles. The molecule has 2 aliphatic rings. The molecule has 20 heavy (non-hydrogen) atoms. The average Bonchev–Trinajstić information content (AvgIpc) is 2.57. The summed E-state index contributed by atoms with van der Waals surface area (Å²) in [5, 5.41) is 0. The van der Waals surface area contributed by atoms with E-state index in [9.17, 15) is 0 Å². The van der Waals surface area contributed by atoms with Crippen LogP contribution in [0.25, 0.3) is 0 Å². The summed E-state index contributed by atoms with van der Waals surface area (Å²) in [5.74, 6) is 0.575. The Morgan fingerprint density at radius 3 is 1.95 bits per heavy atom. The van der Waals surface area contributed by atoms with Crippen LogP contribution >= 0.6 is 22.6 Å². The van der Waals surface area contributed by atoms with E-state index in [1.54, 1.807) is 0 Å². The summed E-state index contributed by atoms with van der Waals surface area (Å²) in [7, 11) is 0.00280. The first kappa shape index (κ1) is 17.1. The molecule has 2 unspecified atom stereocenters. The first-order valence-corrected chi connectivity index (χ1v) is 9.56. The summed E-state index contributed by atoms with van der Waals surface area (Å²) in [6, 6.07) is 0. The molecule has 2 fully saturated rings. The van der Waals surface area contributed by atoms with E-state index in [1.807, 2.05) is 0 Å². The summed E-state index contributed by atoms with van der Waals surface area (Å²) < 4.78 is 13.4. The molecule has 2 nitrogen and oxygen atoms in total. The smallest absolute Gasteiger partial charge is 0.403 e. The van der Waals surface area contributed by atoms with Crippen LogP contribution in [-0.4, -0.2) is 22.2 Å². The summed E-state index contributed by atoms with van der Waals surface area (Å²) >= 11 is 2.63. The Balaban J connectivity index is 1.98. The van der Waals surface area contributed by atoms with Crippen LogP contribution in [0.5, 0.6) is 0 Å². The Kier molecular flexibility index (Phi) is 5.86. The van der Waals surface area contributed by atoms with Crippen molar-refractivity contribution in [2.45, 2.75) is 100 Å². The predicted octanol–water partition coefficient (Wildman–Crippen LogP) is 5.39. The quantitative estimate of drug-likeness (QED) is 0.339. The van der Waals surface area contributed by atoms with Crippen molar-refractivity contribution in [3.8, 4) is 0 Å². The van der Waals surface area contributed by atoms with Crippen LogP contribution in [0.1, 0.15) is 79.1 Å². The van der Waals surface area contributed by atoms with E-state index in [0.29, 0.717) is 5.82 Å². The Bertz CT molecular complexity index is 304. The standard InChI is InChI=1S/C16H30BIO2/c1-15(2)16(3,4)20-17(19-15)13-9-7-5-6-8-10-14(18)12-11-13/h13-14H,5-12H2,1-4H3. The highest BCUT2D eigenvalue weighted by atomic mass is 127. The van der Waals surface area contributed by atoms with Crippen molar-refractivity contribution in [3.63, 3.8) is 0 Å². The highest BCUT2D eigenvalue weighted by Gasteiger charge is 2.53. The fourth-order valence-corrected chi connectivity index (χ4v) is 3.96. The van der Waals surface area contributed by atoms with Crippen LogP contribution in [0.15, 0.2) is 0 Å². The first-order chi connectivity index (χ1) is 9.32. The zero-order chi connectivity index (χ0) is 14.8. The van der Waals surface area contributed by atoms with Gasteiger partial charge < -0.3 is 9.31 Å². The van der Waals surface area contributed by atoms with Gasteiger partial charge in [0.2, 0.25) is 0 Å². The lowest BCUT2D eigenvalue weighted by molar-refractivity contribution is 0.00578. The summed E-state index contributed by atoms with van der Waals surface area (Å²) in [6.45, 7) is 8.64. The molecular formula is C16H30BIO2. The molecule has 0 N–H and O–H groups in total. The third-order valence-electron chi connectivity index (χ3n) is 5.35. The predicted molar refractivity (Wildman–Crippen MR) is 94.6 cm³/mol. The first-order valence-electron chi connectivity index (χ1n) is 8.31. The summed E-state index contributed by atoms with van der Waals surface area (Å²) in [5.41, 5.74) is -0.368. The molecule has 1 saturated heterocycles. The monoisotopic (exact) mass is 392 g/mol. The van der Waals surface area contributed by atoms with Gasteiger partial charge in [-0.25, -0.2) is 0 Å². The summed E-state index contributed by atoms with van der Waals surface area (Å²) in [4.78, 5) is 0. The number of halogens is 1. The SMILES string of the molecule is CC1(C)OB(C2CCCCCCC(I)CC2)OC1(C)C. The van der Waals surface area contributed by atoms with Gasteiger partial charge in [0.25, 0.3) is 0 Å². The molecule has 0 spiro atoms. The Morgan fingerprint density at radius 1 is 0.800 bits per heavy atom. The lowest BCUT2D eigenvalue weighted by atomic mass is 9.66. The molecule has 0 radical (unpaired) electrons. The van der Waals surface area contributed by atoms with Gasteiger partial charge in [0.15, 0.2) is 0 Å². The van der Waals surface area contributed by atoms with Crippen molar-refractivity contribution >= 4 is 29.7 Å². The molecule has 0 bridgehead atoms. The van der Waals surface area contributed by atoms with Crippen LogP contribution in [0, 0.1) is 0 Å². The van der Waals surface area contributed by atoms with Crippen LogP contribution in [0.3, 0.4) is 0 Å².